The monoisotopic (exact) mass is 585 g/mol. The SMILES string of the molecule is CCCCCCCCCCCCCCOc1ccc(C(=O)Oc2ccc(C(=O)/C=C/c3cccc([N+](=O)[O-])c3)cc2)cc1. The second-order valence-corrected chi connectivity index (χ2v) is 10.7. The van der Waals surface area contributed by atoms with Crippen LogP contribution in [0.25, 0.3) is 6.08 Å². The van der Waals surface area contributed by atoms with Crippen LogP contribution in [-0.2, 0) is 0 Å². The number of carbonyl (C=O) groups is 2. The first-order valence-electron chi connectivity index (χ1n) is 15.5. The molecule has 0 aliphatic heterocycles. The lowest BCUT2D eigenvalue weighted by atomic mass is 10.1. The van der Waals surface area contributed by atoms with E-state index in [4.69, 9.17) is 9.47 Å². The molecule has 0 fully saturated rings. The highest BCUT2D eigenvalue weighted by Crippen LogP contribution is 2.19. The van der Waals surface area contributed by atoms with Crippen LogP contribution in [0.2, 0.25) is 0 Å². The van der Waals surface area contributed by atoms with Crippen molar-refractivity contribution in [3.05, 3.63) is 106 Å². The van der Waals surface area contributed by atoms with Gasteiger partial charge in [-0.15, -0.1) is 0 Å². The number of benzene rings is 3. The molecule has 228 valence electrons. The summed E-state index contributed by atoms with van der Waals surface area (Å²) in [6.07, 6.45) is 18.5. The fourth-order valence-electron chi connectivity index (χ4n) is 4.68. The van der Waals surface area contributed by atoms with E-state index in [0.717, 1.165) is 12.2 Å². The Morgan fingerprint density at radius 2 is 1.28 bits per heavy atom. The van der Waals surface area contributed by atoms with Crippen molar-refractivity contribution in [1.29, 1.82) is 0 Å². The molecule has 0 spiro atoms. The quantitative estimate of drug-likeness (QED) is 0.0249. The second kappa shape index (κ2) is 19.0. The minimum atomic E-state index is -0.503. The number of hydrogen-bond donors (Lipinski definition) is 0. The van der Waals surface area contributed by atoms with Crippen LogP contribution in [0.1, 0.15) is 110 Å². The van der Waals surface area contributed by atoms with Crippen LogP contribution < -0.4 is 9.47 Å². The maximum atomic E-state index is 12.6. The maximum Gasteiger partial charge on any atom is 0.343 e. The minimum absolute atomic E-state index is 0.0438. The number of hydrogen-bond acceptors (Lipinski definition) is 6. The van der Waals surface area contributed by atoms with Gasteiger partial charge in [0, 0.05) is 17.7 Å². The Hall–Kier alpha value is -4.26. The molecule has 0 aromatic heterocycles. The summed E-state index contributed by atoms with van der Waals surface area (Å²) in [6, 6.07) is 19.2. The normalized spacial score (nSPS) is 11.0. The van der Waals surface area contributed by atoms with Crippen LogP contribution in [0.3, 0.4) is 0 Å². The van der Waals surface area contributed by atoms with Crippen LogP contribution in [-0.4, -0.2) is 23.3 Å². The average Bonchev–Trinajstić information content (AvgIpc) is 3.03. The van der Waals surface area contributed by atoms with Gasteiger partial charge in [0.1, 0.15) is 11.5 Å². The zero-order valence-corrected chi connectivity index (χ0v) is 25.2. The van der Waals surface area contributed by atoms with Crippen LogP contribution in [0.5, 0.6) is 11.5 Å². The molecule has 0 aliphatic rings. The predicted octanol–water partition coefficient (Wildman–Crippen LogP) is 9.79. The Kier molecular flexibility index (Phi) is 14.7. The number of esters is 1. The van der Waals surface area contributed by atoms with Gasteiger partial charge in [-0.25, -0.2) is 4.79 Å². The minimum Gasteiger partial charge on any atom is -0.494 e. The lowest BCUT2D eigenvalue weighted by Crippen LogP contribution is -2.08. The van der Waals surface area contributed by atoms with Crippen LogP contribution in [0.15, 0.2) is 78.9 Å². The third kappa shape index (κ3) is 12.6. The molecule has 0 bridgehead atoms. The Morgan fingerprint density at radius 3 is 1.88 bits per heavy atom. The number of non-ortho nitro benzene ring substituents is 1. The van der Waals surface area contributed by atoms with E-state index in [1.165, 1.54) is 94.9 Å². The molecular weight excluding hydrogens is 542 g/mol. The Bertz CT molecular complexity index is 1310. The summed E-state index contributed by atoms with van der Waals surface area (Å²) < 4.78 is 11.3. The number of allylic oxidation sites excluding steroid dienone is 1. The molecular formula is C36H43NO6. The number of ketones is 1. The van der Waals surface area contributed by atoms with E-state index >= 15 is 0 Å². The van der Waals surface area contributed by atoms with Gasteiger partial charge in [0.2, 0.25) is 0 Å². The first-order chi connectivity index (χ1) is 21.0. The molecule has 43 heavy (non-hydrogen) atoms. The van der Waals surface area contributed by atoms with Crippen molar-refractivity contribution in [3.63, 3.8) is 0 Å². The van der Waals surface area contributed by atoms with E-state index in [0.29, 0.717) is 29.0 Å². The first-order valence-corrected chi connectivity index (χ1v) is 15.5. The predicted molar refractivity (Wildman–Crippen MR) is 171 cm³/mol. The largest absolute Gasteiger partial charge is 0.494 e. The summed E-state index contributed by atoms with van der Waals surface area (Å²) in [5, 5.41) is 10.9. The van der Waals surface area contributed by atoms with E-state index < -0.39 is 10.9 Å². The van der Waals surface area contributed by atoms with Crippen molar-refractivity contribution in [3.8, 4) is 11.5 Å². The van der Waals surface area contributed by atoms with Gasteiger partial charge in [0.15, 0.2) is 5.78 Å². The van der Waals surface area contributed by atoms with Crippen molar-refractivity contribution in [1.82, 2.24) is 0 Å². The highest BCUT2D eigenvalue weighted by Gasteiger charge is 2.10. The first kappa shape index (κ1) is 33.2. The summed E-state index contributed by atoms with van der Waals surface area (Å²) in [6.45, 7) is 2.92. The van der Waals surface area contributed by atoms with Gasteiger partial charge in [-0.05, 0) is 66.6 Å². The molecule has 0 saturated carbocycles. The number of nitro groups is 1. The molecule has 0 N–H and O–H groups in total. The van der Waals surface area contributed by atoms with E-state index in [9.17, 15) is 19.7 Å². The van der Waals surface area contributed by atoms with Gasteiger partial charge in [0.25, 0.3) is 5.69 Å². The molecule has 0 amide bonds. The van der Waals surface area contributed by atoms with Gasteiger partial charge in [-0.3, -0.25) is 14.9 Å². The molecule has 0 atom stereocenters. The molecule has 3 aromatic rings. The topological polar surface area (TPSA) is 95.7 Å². The fourth-order valence-corrected chi connectivity index (χ4v) is 4.68. The number of carbonyl (C=O) groups excluding carboxylic acids is 2. The van der Waals surface area contributed by atoms with Crippen LogP contribution in [0, 0.1) is 10.1 Å². The molecule has 3 rings (SSSR count). The average molecular weight is 586 g/mol. The van der Waals surface area contributed by atoms with Gasteiger partial charge in [-0.2, -0.15) is 0 Å². The second-order valence-electron chi connectivity index (χ2n) is 10.7. The number of ether oxygens (including phenoxy) is 2. The third-order valence-electron chi connectivity index (χ3n) is 7.21. The zero-order valence-electron chi connectivity index (χ0n) is 25.2. The Morgan fingerprint density at radius 1 is 0.721 bits per heavy atom. The summed E-state index contributed by atoms with van der Waals surface area (Å²) in [5.41, 5.74) is 1.31. The van der Waals surface area contributed by atoms with Crippen molar-refractivity contribution in [2.75, 3.05) is 6.61 Å². The van der Waals surface area contributed by atoms with E-state index in [2.05, 4.69) is 6.92 Å². The lowest BCUT2D eigenvalue weighted by molar-refractivity contribution is -0.384. The number of unbranched alkanes of at least 4 members (excludes halogenated alkanes) is 11. The molecule has 0 heterocycles. The summed E-state index contributed by atoms with van der Waals surface area (Å²) in [5.74, 6) is 0.262. The maximum absolute atomic E-state index is 12.6. The zero-order chi connectivity index (χ0) is 30.7. The van der Waals surface area contributed by atoms with Crippen molar-refractivity contribution in [2.45, 2.75) is 84.0 Å². The molecule has 0 saturated heterocycles. The van der Waals surface area contributed by atoms with Gasteiger partial charge < -0.3 is 9.47 Å². The third-order valence-corrected chi connectivity index (χ3v) is 7.21. The van der Waals surface area contributed by atoms with E-state index in [1.54, 1.807) is 60.7 Å². The van der Waals surface area contributed by atoms with Crippen molar-refractivity contribution < 1.29 is 24.0 Å². The summed E-state index contributed by atoms with van der Waals surface area (Å²) in [4.78, 5) is 35.5. The van der Waals surface area contributed by atoms with Gasteiger partial charge in [-0.1, -0.05) is 95.8 Å². The Labute approximate surface area is 255 Å². The Balaban J connectivity index is 1.33. The van der Waals surface area contributed by atoms with Gasteiger partial charge in [0.05, 0.1) is 17.1 Å². The highest BCUT2D eigenvalue weighted by atomic mass is 16.6. The van der Waals surface area contributed by atoms with Gasteiger partial charge >= 0.3 is 5.97 Å². The molecule has 7 heteroatoms. The molecule has 3 aromatic carbocycles. The van der Waals surface area contributed by atoms with Crippen molar-refractivity contribution >= 4 is 23.5 Å². The van der Waals surface area contributed by atoms with Crippen LogP contribution in [0.4, 0.5) is 5.69 Å². The summed E-state index contributed by atoms with van der Waals surface area (Å²) in [7, 11) is 0. The van der Waals surface area contributed by atoms with E-state index in [-0.39, 0.29) is 11.5 Å². The molecule has 0 radical (unpaired) electrons. The highest BCUT2D eigenvalue weighted by molar-refractivity contribution is 6.07. The van der Waals surface area contributed by atoms with Crippen molar-refractivity contribution in [2.24, 2.45) is 0 Å². The number of nitrogens with zero attached hydrogens (tertiary/aromatic N) is 1. The lowest BCUT2D eigenvalue weighted by Gasteiger charge is -2.08. The molecule has 0 unspecified atom stereocenters. The standard InChI is InChI=1S/C36H43NO6/c1-2-3-4-5-6-7-8-9-10-11-12-13-27-42-33-22-20-31(21-23-33)36(39)43-34-24-18-30(19-25-34)35(38)26-17-29-15-14-16-32(28-29)37(40)41/h14-26,28H,2-13,27H2,1H3/b26-17+. The molecule has 0 aliphatic carbocycles. The van der Waals surface area contributed by atoms with Crippen LogP contribution >= 0.6 is 0 Å². The summed E-state index contributed by atoms with van der Waals surface area (Å²) >= 11 is 0. The molecule has 7 nitrogen and oxygen atoms in total. The number of rotatable bonds is 20. The smallest absolute Gasteiger partial charge is 0.343 e. The fraction of sp³-hybridized carbons (Fsp3) is 0.389. The van der Waals surface area contributed by atoms with E-state index in [1.807, 2.05) is 0 Å². The number of nitro benzene ring substituents is 1.